The molecule has 2 rings (SSSR count). The van der Waals surface area contributed by atoms with Gasteiger partial charge in [-0.25, -0.2) is 12.8 Å². The quantitative estimate of drug-likeness (QED) is 0.497. The second-order valence-corrected chi connectivity index (χ2v) is 10.7. The fraction of sp³-hybridized carbons (Fsp3) is 0.391. The van der Waals surface area contributed by atoms with E-state index in [4.69, 9.17) is 0 Å². The summed E-state index contributed by atoms with van der Waals surface area (Å²) in [5, 5.41) is 2.86. The molecule has 0 aliphatic carbocycles. The van der Waals surface area contributed by atoms with Crippen LogP contribution in [0.15, 0.2) is 53.0 Å². The molecule has 0 fully saturated rings. The van der Waals surface area contributed by atoms with Crippen LogP contribution < -0.4 is 9.62 Å². The zero-order valence-electron chi connectivity index (χ0n) is 19.1. The largest absolute Gasteiger partial charge is 0.352 e. The number of hydrogen-bond donors (Lipinski definition) is 1. The van der Waals surface area contributed by atoms with Gasteiger partial charge in [-0.1, -0.05) is 41.1 Å². The fourth-order valence-electron chi connectivity index (χ4n) is 3.13. The SMILES string of the molecule is CC[C@@H](C)NC(=O)[C@@H](C)N(Cc1cccc(Br)c1)C(=O)CN(c1cccc(F)c1)S(C)(=O)=O. The number of anilines is 1. The molecule has 2 amide bonds. The molecule has 0 aromatic heterocycles. The molecule has 2 atom stereocenters. The summed E-state index contributed by atoms with van der Waals surface area (Å²) in [7, 11) is -3.90. The molecule has 33 heavy (non-hydrogen) atoms. The van der Waals surface area contributed by atoms with Gasteiger partial charge in [0.15, 0.2) is 0 Å². The minimum Gasteiger partial charge on any atom is -0.352 e. The number of sulfonamides is 1. The van der Waals surface area contributed by atoms with Crippen LogP contribution in [0.2, 0.25) is 0 Å². The first kappa shape index (κ1) is 26.8. The highest BCUT2D eigenvalue weighted by molar-refractivity contribution is 9.10. The first-order chi connectivity index (χ1) is 15.4. The summed E-state index contributed by atoms with van der Waals surface area (Å²) in [5.41, 5.74) is 0.794. The van der Waals surface area contributed by atoms with Crippen molar-refractivity contribution in [3.63, 3.8) is 0 Å². The zero-order chi connectivity index (χ0) is 24.8. The molecule has 0 saturated carbocycles. The number of carbonyl (C=O) groups excluding carboxylic acids is 2. The number of amides is 2. The smallest absolute Gasteiger partial charge is 0.244 e. The Morgan fingerprint density at radius 3 is 2.36 bits per heavy atom. The van der Waals surface area contributed by atoms with Gasteiger partial charge in [0.25, 0.3) is 0 Å². The predicted molar refractivity (Wildman–Crippen MR) is 131 cm³/mol. The van der Waals surface area contributed by atoms with Crippen LogP contribution in [0.3, 0.4) is 0 Å². The third-order valence-electron chi connectivity index (χ3n) is 5.19. The normalized spacial score (nSPS) is 13.2. The van der Waals surface area contributed by atoms with Gasteiger partial charge in [0.2, 0.25) is 21.8 Å². The van der Waals surface area contributed by atoms with Crippen LogP contribution in [0.1, 0.15) is 32.8 Å². The van der Waals surface area contributed by atoms with E-state index in [1.807, 2.05) is 38.1 Å². The van der Waals surface area contributed by atoms with E-state index in [9.17, 15) is 22.4 Å². The molecule has 0 aliphatic heterocycles. The van der Waals surface area contributed by atoms with Crippen LogP contribution in [0.4, 0.5) is 10.1 Å². The van der Waals surface area contributed by atoms with Crippen molar-refractivity contribution in [1.29, 1.82) is 0 Å². The number of rotatable bonds is 10. The molecule has 7 nitrogen and oxygen atoms in total. The molecule has 180 valence electrons. The third-order valence-corrected chi connectivity index (χ3v) is 6.82. The summed E-state index contributed by atoms with van der Waals surface area (Å²) in [5.74, 6) is -1.55. The summed E-state index contributed by atoms with van der Waals surface area (Å²) in [6.07, 6.45) is 1.67. The topological polar surface area (TPSA) is 86.8 Å². The van der Waals surface area contributed by atoms with E-state index in [1.54, 1.807) is 6.92 Å². The van der Waals surface area contributed by atoms with E-state index in [0.29, 0.717) is 0 Å². The van der Waals surface area contributed by atoms with Crippen molar-refractivity contribution in [1.82, 2.24) is 10.2 Å². The minimum atomic E-state index is -3.90. The van der Waals surface area contributed by atoms with Crippen molar-refractivity contribution in [2.24, 2.45) is 0 Å². The van der Waals surface area contributed by atoms with Gasteiger partial charge in [-0.3, -0.25) is 13.9 Å². The molecule has 2 aromatic carbocycles. The van der Waals surface area contributed by atoms with Gasteiger partial charge in [0.1, 0.15) is 18.4 Å². The van der Waals surface area contributed by atoms with Crippen LogP contribution in [-0.4, -0.2) is 50.0 Å². The van der Waals surface area contributed by atoms with Crippen molar-refractivity contribution in [3.8, 4) is 0 Å². The fourth-order valence-corrected chi connectivity index (χ4v) is 4.41. The van der Waals surface area contributed by atoms with E-state index in [0.717, 1.165) is 33.1 Å². The number of halogens is 2. The van der Waals surface area contributed by atoms with Crippen molar-refractivity contribution >= 4 is 43.5 Å². The summed E-state index contributed by atoms with van der Waals surface area (Å²) < 4.78 is 40.3. The molecule has 0 radical (unpaired) electrons. The summed E-state index contributed by atoms with van der Waals surface area (Å²) in [6.45, 7) is 4.91. The first-order valence-corrected chi connectivity index (χ1v) is 13.1. The average molecular weight is 542 g/mol. The Morgan fingerprint density at radius 1 is 1.12 bits per heavy atom. The van der Waals surface area contributed by atoms with E-state index in [1.165, 1.54) is 23.1 Å². The maximum Gasteiger partial charge on any atom is 0.244 e. The Morgan fingerprint density at radius 2 is 1.79 bits per heavy atom. The molecule has 0 aliphatic rings. The first-order valence-electron chi connectivity index (χ1n) is 10.5. The zero-order valence-corrected chi connectivity index (χ0v) is 21.5. The van der Waals surface area contributed by atoms with Gasteiger partial charge in [0, 0.05) is 17.1 Å². The second kappa shape index (κ2) is 11.6. The van der Waals surface area contributed by atoms with Gasteiger partial charge in [-0.15, -0.1) is 0 Å². The lowest BCUT2D eigenvalue weighted by molar-refractivity contribution is -0.139. The van der Waals surface area contributed by atoms with Crippen molar-refractivity contribution < 1.29 is 22.4 Å². The molecule has 0 unspecified atom stereocenters. The van der Waals surface area contributed by atoms with Crippen LogP contribution >= 0.6 is 15.9 Å². The summed E-state index contributed by atoms with van der Waals surface area (Å²) in [6, 6.07) is 11.3. The van der Waals surface area contributed by atoms with Crippen molar-refractivity contribution in [3.05, 3.63) is 64.4 Å². The van der Waals surface area contributed by atoms with Gasteiger partial charge in [-0.2, -0.15) is 0 Å². The average Bonchev–Trinajstić information content (AvgIpc) is 2.74. The van der Waals surface area contributed by atoms with Crippen LogP contribution in [0.25, 0.3) is 0 Å². The summed E-state index contributed by atoms with van der Waals surface area (Å²) in [4.78, 5) is 27.5. The van der Waals surface area contributed by atoms with E-state index in [2.05, 4.69) is 21.2 Å². The predicted octanol–water partition coefficient (Wildman–Crippen LogP) is 3.69. The number of benzene rings is 2. The molecule has 10 heteroatoms. The summed E-state index contributed by atoms with van der Waals surface area (Å²) >= 11 is 3.40. The van der Waals surface area contributed by atoms with Gasteiger partial charge >= 0.3 is 0 Å². The van der Waals surface area contributed by atoms with E-state index in [-0.39, 0.29) is 24.2 Å². The van der Waals surface area contributed by atoms with Gasteiger partial charge in [0.05, 0.1) is 11.9 Å². The van der Waals surface area contributed by atoms with Gasteiger partial charge in [-0.05, 0) is 56.2 Å². The Balaban J connectivity index is 2.38. The lowest BCUT2D eigenvalue weighted by atomic mass is 10.1. The van der Waals surface area contributed by atoms with Crippen molar-refractivity contribution in [2.75, 3.05) is 17.1 Å². The Hall–Kier alpha value is -2.46. The number of nitrogens with one attached hydrogen (secondary N) is 1. The Bertz CT molecular complexity index is 1100. The maximum atomic E-state index is 13.8. The molecule has 0 bridgehead atoms. The van der Waals surface area contributed by atoms with Crippen LogP contribution in [0, 0.1) is 5.82 Å². The van der Waals surface area contributed by atoms with E-state index < -0.39 is 34.3 Å². The Labute approximate surface area is 203 Å². The third kappa shape index (κ3) is 7.82. The molecule has 0 spiro atoms. The van der Waals surface area contributed by atoms with Crippen molar-refractivity contribution in [2.45, 2.75) is 45.8 Å². The molecule has 0 saturated heterocycles. The minimum absolute atomic E-state index is 0.0324. The monoisotopic (exact) mass is 541 g/mol. The highest BCUT2D eigenvalue weighted by atomic mass is 79.9. The Kier molecular flexibility index (Phi) is 9.42. The highest BCUT2D eigenvalue weighted by Gasteiger charge is 2.30. The molecule has 2 aromatic rings. The van der Waals surface area contributed by atoms with Gasteiger partial charge < -0.3 is 10.2 Å². The number of hydrogen-bond acceptors (Lipinski definition) is 4. The van der Waals surface area contributed by atoms with E-state index >= 15 is 0 Å². The standard InChI is InChI=1S/C23H29BrFN3O4S/c1-5-16(2)26-23(30)17(3)27(14-18-8-6-9-19(24)12-18)22(29)15-28(33(4,31)32)21-11-7-10-20(25)13-21/h6-13,16-17H,5,14-15H2,1-4H3,(H,26,30)/t16-,17-/m1/s1. The molecular formula is C23H29BrFN3O4S. The maximum absolute atomic E-state index is 13.8. The van der Waals surface area contributed by atoms with Crippen LogP contribution in [0.5, 0.6) is 0 Å². The lowest BCUT2D eigenvalue weighted by Gasteiger charge is -2.32. The van der Waals surface area contributed by atoms with Crippen LogP contribution in [-0.2, 0) is 26.2 Å². The number of carbonyl (C=O) groups is 2. The molecule has 1 N–H and O–H groups in total. The molecule has 0 heterocycles. The highest BCUT2D eigenvalue weighted by Crippen LogP contribution is 2.20. The molecular weight excluding hydrogens is 513 g/mol. The second-order valence-electron chi connectivity index (χ2n) is 7.89. The lowest BCUT2D eigenvalue weighted by Crippen LogP contribution is -2.52. The number of nitrogens with zero attached hydrogens (tertiary/aromatic N) is 2.